The van der Waals surface area contributed by atoms with Gasteiger partial charge in [0, 0.05) is 18.7 Å². The number of nitrogens with zero attached hydrogens (tertiary/aromatic N) is 2. The highest BCUT2D eigenvalue weighted by Gasteiger charge is 2.15. The molecule has 7 heteroatoms. The number of hydrogen-bond donors (Lipinski definition) is 2. The molecule has 1 aromatic heterocycles. The number of hydrogen-bond acceptors (Lipinski definition) is 4. The molecule has 0 atom stereocenters. The van der Waals surface area contributed by atoms with E-state index in [1.165, 1.54) is 17.5 Å². The molecule has 2 aromatic carbocycles. The van der Waals surface area contributed by atoms with Gasteiger partial charge in [-0.15, -0.1) is 0 Å². The fourth-order valence-corrected chi connectivity index (χ4v) is 3.79. The first-order valence-electron chi connectivity index (χ1n) is 9.94. The van der Waals surface area contributed by atoms with Gasteiger partial charge in [-0.1, -0.05) is 30.3 Å². The number of aromatic nitrogens is 2. The van der Waals surface area contributed by atoms with Crippen molar-refractivity contribution in [3.05, 3.63) is 74.8 Å². The van der Waals surface area contributed by atoms with Crippen LogP contribution in [0.25, 0.3) is 10.8 Å². The highest BCUT2D eigenvalue weighted by molar-refractivity contribution is 5.91. The summed E-state index contributed by atoms with van der Waals surface area (Å²) >= 11 is 0. The molecule has 1 amide bonds. The van der Waals surface area contributed by atoms with Crippen molar-refractivity contribution in [1.82, 2.24) is 14.7 Å². The van der Waals surface area contributed by atoms with Gasteiger partial charge in [0.1, 0.15) is 0 Å². The van der Waals surface area contributed by atoms with Gasteiger partial charge < -0.3 is 5.32 Å². The number of carbonyl (C=O) groups excluding carboxylic acids is 1. The van der Waals surface area contributed by atoms with Gasteiger partial charge in [-0.05, 0) is 49.7 Å². The summed E-state index contributed by atoms with van der Waals surface area (Å²) in [4.78, 5) is 39.6. The zero-order chi connectivity index (χ0) is 20.2. The Hall–Kier alpha value is -3.19. The van der Waals surface area contributed by atoms with Crippen LogP contribution in [0.5, 0.6) is 0 Å². The topological polar surface area (TPSA) is 87.2 Å². The third-order valence-electron chi connectivity index (χ3n) is 5.33. The number of carbonyl (C=O) groups is 1. The molecule has 3 aromatic rings. The molecule has 0 spiro atoms. The summed E-state index contributed by atoms with van der Waals surface area (Å²) in [6.07, 6.45) is 2.52. The van der Waals surface area contributed by atoms with Crippen LogP contribution in [0.1, 0.15) is 24.8 Å². The molecule has 150 valence electrons. The normalized spacial score (nSPS) is 14.3. The monoisotopic (exact) mass is 392 g/mol. The molecule has 7 nitrogen and oxygen atoms in total. The summed E-state index contributed by atoms with van der Waals surface area (Å²) in [5.41, 5.74) is 1.24. The zero-order valence-electron chi connectivity index (χ0n) is 16.2. The summed E-state index contributed by atoms with van der Waals surface area (Å²) in [6, 6.07) is 14.5. The van der Waals surface area contributed by atoms with Gasteiger partial charge in [0.25, 0.3) is 11.1 Å². The molecule has 0 bridgehead atoms. The van der Waals surface area contributed by atoms with Gasteiger partial charge in [0.2, 0.25) is 5.91 Å². The number of aromatic amines is 1. The molecule has 0 saturated carbocycles. The molecular weight excluding hydrogens is 368 g/mol. The molecule has 2 N–H and O–H groups in total. The van der Waals surface area contributed by atoms with Gasteiger partial charge in [-0.25, -0.2) is 4.68 Å². The van der Waals surface area contributed by atoms with Gasteiger partial charge in [-0.2, -0.15) is 0 Å². The number of nitrogens with one attached hydrogen (secondary N) is 2. The lowest BCUT2D eigenvalue weighted by Gasteiger charge is -2.18. The lowest BCUT2D eigenvalue weighted by atomic mass is 10.1. The molecule has 4 rings (SSSR count). The number of benzene rings is 2. The molecule has 2 heterocycles. The standard InChI is InChI=1S/C22H24N4O3/c27-20(23-19-10-4-1-7-16(19)15-25-12-5-6-13-25)11-14-26-22(29)18-9-3-2-8-17(18)21(28)24-26/h1-4,7-10H,5-6,11-15H2,(H,23,27)(H,24,28). The minimum Gasteiger partial charge on any atom is -0.326 e. The molecule has 0 unspecified atom stereocenters. The number of aryl methyl sites for hydroxylation is 1. The second-order valence-corrected chi connectivity index (χ2v) is 7.38. The molecule has 0 aliphatic carbocycles. The summed E-state index contributed by atoms with van der Waals surface area (Å²) < 4.78 is 1.21. The number of H-pyrrole nitrogens is 1. The number of amides is 1. The summed E-state index contributed by atoms with van der Waals surface area (Å²) in [6.45, 7) is 3.09. The second-order valence-electron chi connectivity index (χ2n) is 7.38. The Morgan fingerprint density at radius 3 is 2.45 bits per heavy atom. The van der Waals surface area contributed by atoms with Crippen molar-refractivity contribution in [2.45, 2.75) is 32.4 Å². The van der Waals surface area contributed by atoms with E-state index in [-0.39, 0.29) is 30.0 Å². The van der Waals surface area contributed by atoms with Crippen LogP contribution in [0.4, 0.5) is 5.69 Å². The fourth-order valence-electron chi connectivity index (χ4n) is 3.79. The maximum Gasteiger partial charge on any atom is 0.273 e. The Kier molecular flexibility index (Phi) is 5.57. The number of fused-ring (bicyclic) bond motifs is 1. The van der Waals surface area contributed by atoms with E-state index in [0.29, 0.717) is 10.8 Å². The quantitative estimate of drug-likeness (QED) is 0.674. The van der Waals surface area contributed by atoms with E-state index in [0.717, 1.165) is 30.9 Å². The van der Waals surface area contributed by atoms with Crippen molar-refractivity contribution in [2.24, 2.45) is 0 Å². The van der Waals surface area contributed by atoms with Gasteiger partial charge in [-0.3, -0.25) is 24.4 Å². The summed E-state index contributed by atoms with van der Waals surface area (Å²) in [5, 5.41) is 6.22. The number of anilines is 1. The Balaban J connectivity index is 1.45. The molecule has 1 aliphatic heterocycles. The zero-order valence-corrected chi connectivity index (χ0v) is 16.2. The van der Waals surface area contributed by atoms with E-state index in [9.17, 15) is 14.4 Å². The second kappa shape index (κ2) is 8.45. The minimum absolute atomic E-state index is 0.0895. The van der Waals surface area contributed by atoms with E-state index in [4.69, 9.17) is 0 Å². The maximum absolute atomic E-state index is 12.6. The lowest BCUT2D eigenvalue weighted by Crippen LogP contribution is -2.31. The molecule has 1 aliphatic rings. The van der Waals surface area contributed by atoms with E-state index in [1.807, 2.05) is 24.3 Å². The first-order valence-corrected chi connectivity index (χ1v) is 9.94. The first-order chi connectivity index (χ1) is 14.1. The Morgan fingerprint density at radius 1 is 0.966 bits per heavy atom. The van der Waals surface area contributed by atoms with Gasteiger partial charge in [0.05, 0.1) is 17.3 Å². The number of likely N-dealkylation sites (tertiary alicyclic amines) is 1. The van der Waals surface area contributed by atoms with Crippen LogP contribution in [-0.2, 0) is 17.9 Å². The van der Waals surface area contributed by atoms with Crippen molar-refractivity contribution in [3.8, 4) is 0 Å². The van der Waals surface area contributed by atoms with Crippen molar-refractivity contribution < 1.29 is 4.79 Å². The van der Waals surface area contributed by atoms with E-state index in [2.05, 4.69) is 15.3 Å². The molecule has 1 fully saturated rings. The minimum atomic E-state index is -0.337. The maximum atomic E-state index is 12.6. The smallest absolute Gasteiger partial charge is 0.273 e. The predicted octanol–water partition coefficient (Wildman–Crippen LogP) is 2.31. The van der Waals surface area contributed by atoms with E-state index < -0.39 is 0 Å². The van der Waals surface area contributed by atoms with Crippen LogP contribution in [0.15, 0.2) is 58.1 Å². The predicted molar refractivity (Wildman–Crippen MR) is 113 cm³/mol. The molecule has 0 radical (unpaired) electrons. The Labute approximate surface area is 167 Å². The fraction of sp³-hybridized carbons (Fsp3) is 0.318. The summed E-state index contributed by atoms with van der Waals surface area (Å²) in [5.74, 6) is -0.195. The third-order valence-corrected chi connectivity index (χ3v) is 5.33. The SMILES string of the molecule is O=C(CCn1[nH]c(=O)c2ccccc2c1=O)Nc1ccccc1CN1CCCC1. The third kappa shape index (κ3) is 4.30. The number of rotatable bonds is 6. The highest BCUT2D eigenvalue weighted by atomic mass is 16.2. The van der Waals surface area contributed by atoms with Crippen LogP contribution < -0.4 is 16.4 Å². The van der Waals surface area contributed by atoms with Crippen LogP contribution in [0.3, 0.4) is 0 Å². The molecule has 1 saturated heterocycles. The Bertz CT molecular complexity index is 1140. The summed E-state index contributed by atoms with van der Waals surface area (Å²) in [7, 11) is 0. The first kappa shape index (κ1) is 19.1. The average molecular weight is 392 g/mol. The van der Waals surface area contributed by atoms with Crippen LogP contribution in [-0.4, -0.2) is 33.7 Å². The van der Waals surface area contributed by atoms with Gasteiger partial charge in [0.15, 0.2) is 0 Å². The highest BCUT2D eigenvalue weighted by Crippen LogP contribution is 2.20. The van der Waals surface area contributed by atoms with Crippen molar-refractivity contribution in [3.63, 3.8) is 0 Å². The van der Waals surface area contributed by atoms with E-state index >= 15 is 0 Å². The van der Waals surface area contributed by atoms with Gasteiger partial charge >= 0.3 is 0 Å². The van der Waals surface area contributed by atoms with Crippen molar-refractivity contribution in [2.75, 3.05) is 18.4 Å². The average Bonchev–Trinajstić information content (AvgIpc) is 3.24. The Morgan fingerprint density at radius 2 is 1.66 bits per heavy atom. The number of para-hydroxylation sites is 1. The van der Waals surface area contributed by atoms with Crippen LogP contribution >= 0.6 is 0 Å². The molecular formula is C22H24N4O3. The van der Waals surface area contributed by atoms with Crippen LogP contribution in [0, 0.1) is 0 Å². The van der Waals surface area contributed by atoms with E-state index in [1.54, 1.807) is 24.3 Å². The van der Waals surface area contributed by atoms with Crippen molar-refractivity contribution >= 4 is 22.4 Å². The lowest BCUT2D eigenvalue weighted by molar-refractivity contribution is -0.116. The van der Waals surface area contributed by atoms with Crippen LogP contribution in [0.2, 0.25) is 0 Å². The van der Waals surface area contributed by atoms with Crippen molar-refractivity contribution in [1.29, 1.82) is 0 Å². The molecule has 29 heavy (non-hydrogen) atoms. The largest absolute Gasteiger partial charge is 0.326 e.